The highest BCUT2D eigenvalue weighted by molar-refractivity contribution is 5.87. The molecule has 1 amide bonds. The minimum atomic E-state index is -1.09. The van der Waals surface area contributed by atoms with Gasteiger partial charge >= 0.3 is 5.97 Å². The molecule has 2 aromatic rings. The molecule has 2 atom stereocenters. The number of aliphatic carboxylic acids is 1. The van der Waals surface area contributed by atoms with Gasteiger partial charge in [-0.1, -0.05) is 18.2 Å². The molecular formula is C18H20FN3O3. The van der Waals surface area contributed by atoms with Crippen molar-refractivity contribution < 1.29 is 19.1 Å². The van der Waals surface area contributed by atoms with Gasteiger partial charge in [-0.05, 0) is 19.9 Å². The number of carboxylic acid groups (broad SMARTS) is 1. The van der Waals surface area contributed by atoms with Crippen LogP contribution in [0.15, 0.2) is 24.3 Å². The molecule has 132 valence electrons. The maximum absolute atomic E-state index is 14.3. The lowest BCUT2D eigenvalue weighted by atomic mass is 9.93. The molecule has 0 bridgehead atoms. The normalized spacial score (nSPS) is 20.3. The lowest BCUT2D eigenvalue weighted by Crippen LogP contribution is -2.31. The lowest BCUT2D eigenvalue weighted by Gasteiger charge is -2.28. The fraction of sp³-hybridized carbons (Fsp3) is 0.389. The topological polar surface area (TPSA) is 75.4 Å². The molecule has 0 aliphatic carbocycles. The van der Waals surface area contributed by atoms with E-state index in [1.54, 1.807) is 22.9 Å². The first-order chi connectivity index (χ1) is 11.8. The third-order valence-electron chi connectivity index (χ3n) is 4.96. The van der Waals surface area contributed by atoms with Crippen molar-refractivity contribution >= 4 is 11.9 Å². The molecular weight excluding hydrogens is 325 g/mol. The summed E-state index contributed by atoms with van der Waals surface area (Å²) in [5.74, 6) is -2.85. The van der Waals surface area contributed by atoms with Gasteiger partial charge in [0, 0.05) is 36.8 Å². The second-order valence-corrected chi connectivity index (χ2v) is 6.41. The largest absolute Gasteiger partial charge is 0.481 e. The Kier molecular flexibility index (Phi) is 4.32. The van der Waals surface area contributed by atoms with E-state index in [0.717, 1.165) is 17.0 Å². The Labute approximate surface area is 144 Å². The molecule has 2 heterocycles. The number of halogens is 1. The third-order valence-corrected chi connectivity index (χ3v) is 4.96. The molecule has 3 rings (SSSR count). The van der Waals surface area contributed by atoms with Gasteiger partial charge < -0.3 is 10.0 Å². The number of carbonyl (C=O) groups excluding carboxylic acids is 1. The molecule has 0 unspecified atom stereocenters. The van der Waals surface area contributed by atoms with E-state index < -0.39 is 23.7 Å². The van der Waals surface area contributed by atoms with E-state index in [0.29, 0.717) is 0 Å². The second-order valence-electron chi connectivity index (χ2n) is 6.41. The number of aromatic nitrogens is 2. The number of aryl methyl sites for hydroxylation is 2. The third kappa shape index (κ3) is 2.90. The summed E-state index contributed by atoms with van der Waals surface area (Å²) in [6, 6.07) is 5.20. The van der Waals surface area contributed by atoms with Crippen LogP contribution in [0.1, 0.15) is 35.0 Å². The van der Waals surface area contributed by atoms with E-state index >= 15 is 0 Å². The quantitative estimate of drug-likeness (QED) is 0.923. The highest BCUT2D eigenvalue weighted by atomic mass is 19.1. The highest BCUT2D eigenvalue weighted by Gasteiger charge is 2.45. The minimum absolute atomic E-state index is 0.132. The SMILES string of the molecule is Cc1nn(C)c(C)c1CN1C(=O)C[C@@H](C(=O)O)[C@H]1c1ccccc1F. The summed E-state index contributed by atoms with van der Waals surface area (Å²) in [5.41, 5.74) is 2.78. The van der Waals surface area contributed by atoms with Crippen molar-refractivity contribution in [3.63, 3.8) is 0 Å². The van der Waals surface area contributed by atoms with Crippen LogP contribution in [0, 0.1) is 25.6 Å². The van der Waals surface area contributed by atoms with Gasteiger partial charge in [0.15, 0.2) is 0 Å². The Bertz CT molecular complexity index is 846. The minimum Gasteiger partial charge on any atom is -0.481 e. The van der Waals surface area contributed by atoms with E-state index in [9.17, 15) is 19.1 Å². The molecule has 0 spiro atoms. The molecule has 7 heteroatoms. The lowest BCUT2D eigenvalue weighted by molar-refractivity contribution is -0.142. The summed E-state index contributed by atoms with van der Waals surface area (Å²) in [7, 11) is 1.81. The summed E-state index contributed by atoms with van der Waals surface area (Å²) >= 11 is 0. The van der Waals surface area contributed by atoms with Crippen LogP contribution in [-0.2, 0) is 23.2 Å². The van der Waals surface area contributed by atoms with Crippen molar-refractivity contribution in [3.05, 3.63) is 52.6 Å². The fourth-order valence-electron chi connectivity index (χ4n) is 3.51. The number of hydrogen-bond acceptors (Lipinski definition) is 3. The summed E-state index contributed by atoms with van der Waals surface area (Å²) in [4.78, 5) is 25.7. The second kappa shape index (κ2) is 6.31. The summed E-state index contributed by atoms with van der Waals surface area (Å²) < 4.78 is 16.1. The fourth-order valence-corrected chi connectivity index (χ4v) is 3.51. The molecule has 0 saturated carbocycles. The van der Waals surface area contributed by atoms with Gasteiger partial charge in [0.05, 0.1) is 17.7 Å². The van der Waals surface area contributed by atoms with Crippen LogP contribution in [0.3, 0.4) is 0 Å². The zero-order chi connectivity index (χ0) is 18.3. The number of rotatable bonds is 4. The van der Waals surface area contributed by atoms with Crippen molar-refractivity contribution in [1.29, 1.82) is 0 Å². The van der Waals surface area contributed by atoms with Crippen LogP contribution in [0.4, 0.5) is 4.39 Å². The number of carbonyl (C=O) groups is 2. The smallest absolute Gasteiger partial charge is 0.309 e. The first-order valence-electron chi connectivity index (χ1n) is 8.07. The molecule has 1 aliphatic rings. The van der Waals surface area contributed by atoms with E-state index in [4.69, 9.17) is 0 Å². The molecule has 1 fully saturated rings. The van der Waals surface area contributed by atoms with Gasteiger partial charge in [0.1, 0.15) is 5.82 Å². The zero-order valence-corrected chi connectivity index (χ0v) is 14.4. The highest BCUT2D eigenvalue weighted by Crippen LogP contribution is 2.40. The number of hydrogen-bond donors (Lipinski definition) is 1. The van der Waals surface area contributed by atoms with Crippen LogP contribution < -0.4 is 0 Å². The van der Waals surface area contributed by atoms with Gasteiger partial charge in [0.2, 0.25) is 5.91 Å². The Hall–Kier alpha value is -2.70. The molecule has 1 saturated heterocycles. The Balaban J connectivity index is 2.05. The number of likely N-dealkylation sites (tertiary alicyclic amines) is 1. The molecule has 1 aliphatic heterocycles. The van der Waals surface area contributed by atoms with Gasteiger partial charge in [0.25, 0.3) is 0 Å². The molecule has 1 aromatic heterocycles. The average Bonchev–Trinajstić information content (AvgIpc) is 3.00. The Morgan fingerprint density at radius 2 is 2.04 bits per heavy atom. The molecule has 0 radical (unpaired) electrons. The van der Waals surface area contributed by atoms with Crippen molar-refractivity contribution in [1.82, 2.24) is 14.7 Å². The van der Waals surface area contributed by atoms with E-state index in [2.05, 4.69) is 5.10 Å². The predicted molar refractivity (Wildman–Crippen MR) is 88.1 cm³/mol. The summed E-state index contributed by atoms with van der Waals surface area (Å²) in [6.45, 7) is 3.95. The van der Waals surface area contributed by atoms with Crippen molar-refractivity contribution in [2.75, 3.05) is 0 Å². The summed E-state index contributed by atoms with van der Waals surface area (Å²) in [6.07, 6.45) is -0.132. The van der Waals surface area contributed by atoms with Crippen LogP contribution in [0.5, 0.6) is 0 Å². The van der Waals surface area contributed by atoms with Gasteiger partial charge in [-0.2, -0.15) is 5.10 Å². The van der Waals surface area contributed by atoms with Crippen LogP contribution in [-0.4, -0.2) is 31.7 Å². The van der Waals surface area contributed by atoms with E-state index in [-0.39, 0.29) is 24.4 Å². The summed E-state index contributed by atoms with van der Waals surface area (Å²) in [5, 5.41) is 13.9. The number of carboxylic acids is 1. The van der Waals surface area contributed by atoms with E-state index in [1.807, 2.05) is 20.9 Å². The maximum Gasteiger partial charge on any atom is 0.309 e. The first kappa shape index (κ1) is 17.1. The first-order valence-corrected chi connectivity index (χ1v) is 8.07. The molecule has 1 N–H and O–H groups in total. The van der Waals surface area contributed by atoms with Crippen LogP contribution in [0.25, 0.3) is 0 Å². The van der Waals surface area contributed by atoms with Crippen molar-refractivity contribution in [2.24, 2.45) is 13.0 Å². The molecule has 1 aromatic carbocycles. The van der Waals surface area contributed by atoms with Gasteiger partial charge in [-0.3, -0.25) is 14.3 Å². The Morgan fingerprint density at radius 3 is 2.60 bits per heavy atom. The monoisotopic (exact) mass is 345 g/mol. The van der Waals surface area contributed by atoms with E-state index in [1.165, 1.54) is 11.0 Å². The number of amides is 1. The van der Waals surface area contributed by atoms with Crippen molar-refractivity contribution in [2.45, 2.75) is 32.9 Å². The van der Waals surface area contributed by atoms with Gasteiger partial charge in [-0.15, -0.1) is 0 Å². The number of benzene rings is 1. The number of nitrogens with zero attached hydrogens (tertiary/aromatic N) is 3. The maximum atomic E-state index is 14.3. The molecule has 25 heavy (non-hydrogen) atoms. The zero-order valence-electron chi connectivity index (χ0n) is 14.4. The van der Waals surface area contributed by atoms with Crippen LogP contribution in [0.2, 0.25) is 0 Å². The van der Waals surface area contributed by atoms with Crippen LogP contribution >= 0.6 is 0 Å². The Morgan fingerprint density at radius 1 is 1.36 bits per heavy atom. The average molecular weight is 345 g/mol. The predicted octanol–water partition coefficient (Wildman–Crippen LogP) is 2.35. The van der Waals surface area contributed by atoms with Gasteiger partial charge in [-0.25, -0.2) is 4.39 Å². The molecule has 6 nitrogen and oxygen atoms in total. The van der Waals surface area contributed by atoms with Crippen molar-refractivity contribution in [3.8, 4) is 0 Å². The standard InChI is InChI=1S/C18H20FN3O3/c1-10-14(11(2)21(3)20-10)9-22-16(23)8-13(18(24)25)17(22)12-6-4-5-7-15(12)19/h4-7,13,17H,8-9H2,1-3H3,(H,24,25)/t13-,17-/m1/s1.